The van der Waals surface area contributed by atoms with E-state index in [4.69, 9.17) is 18.9 Å². The summed E-state index contributed by atoms with van der Waals surface area (Å²) >= 11 is 0. The fraction of sp³-hybridized carbons (Fsp3) is 0.444. The number of ketones is 1. The third kappa shape index (κ3) is 6.84. The van der Waals surface area contributed by atoms with E-state index in [0.29, 0.717) is 5.56 Å². The van der Waals surface area contributed by atoms with Crippen LogP contribution >= 0.6 is 0 Å². The minimum absolute atomic E-state index is 0.349. The Balaban J connectivity index is 1.44. The monoisotopic (exact) mass is 612 g/mol. The Morgan fingerprint density at radius 3 is 2.02 bits per heavy atom. The molecule has 4 rings (SSSR count). The SMILES string of the molecule is O=C(C=Cc1ccc(O)c(O)c1)c1ccc(O[C@@H]2O[C@H](CO[C@@H]3O[C@H](CO)[C@@H](O)[C@H](O)[C@H]3O)[C@@H](O)[C@H](O)[C@H]2O)c(O)c1O. The lowest BCUT2D eigenvalue weighted by Gasteiger charge is -2.42. The number of ether oxygens (including phenoxy) is 4. The summed E-state index contributed by atoms with van der Waals surface area (Å²) in [5.74, 6) is -3.83. The highest BCUT2D eigenvalue weighted by Crippen LogP contribution is 2.40. The number of carbonyl (C=O) groups is 1. The molecule has 0 aromatic heterocycles. The summed E-state index contributed by atoms with van der Waals surface area (Å²) in [7, 11) is 0. The lowest BCUT2D eigenvalue weighted by atomic mass is 9.98. The van der Waals surface area contributed by atoms with Gasteiger partial charge >= 0.3 is 0 Å². The van der Waals surface area contributed by atoms with Gasteiger partial charge in [0.2, 0.25) is 12.0 Å². The first-order valence-electron chi connectivity index (χ1n) is 12.9. The zero-order valence-electron chi connectivity index (χ0n) is 22.2. The van der Waals surface area contributed by atoms with Gasteiger partial charge in [0.05, 0.1) is 18.8 Å². The largest absolute Gasteiger partial charge is 0.504 e. The molecule has 2 saturated heterocycles. The van der Waals surface area contributed by atoms with Crippen LogP contribution in [0.4, 0.5) is 0 Å². The van der Waals surface area contributed by atoms with E-state index in [0.717, 1.165) is 18.2 Å². The molecule has 2 fully saturated rings. The van der Waals surface area contributed by atoms with Crippen LogP contribution in [-0.2, 0) is 14.2 Å². The zero-order chi connectivity index (χ0) is 31.6. The van der Waals surface area contributed by atoms with E-state index in [1.54, 1.807) is 0 Å². The van der Waals surface area contributed by atoms with Crippen molar-refractivity contribution in [2.24, 2.45) is 0 Å². The number of allylic oxidation sites excluding steroid dienone is 1. The number of rotatable bonds is 9. The molecular formula is C27H32O16. The summed E-state index contributed by atoms with van der Waals surface area (Å²) < 4.78 is 21.4. The summed E-state index contributed by atoms with van der Waals surface area (Å²) in [6.45, 7) is -1.34. The molecule has 0 saturated carbocycles. The van der Waals surface area contributed by atoms with Crippen molar-refractivity contribution >= 4 is 11.9 Å². The predicted molar refractivity (Wildman–Crippen MR) is 140 cm³/mol. The van der Waals surface area contributed by atoms with E-state index in [2.05, 4.69) is 0 Å². The van der Waals surface area contributed by atoms with Gasteiger partial charge in [0.25, 0.3) is 0 Å². The summed E-state index contributed by atoms with van der Waals surface area (Å²) in [5.41, 5.74) is -0.00274. The Hall–Kier alpha value is -3.55. The van der Waals surface area contributed by atoms with Gasteiger partial charge in [-0.3, -0.25) is 4.79 Å². The minimum atomic E-state index is -1.88. The van der Waals surface area contributed by atoms with Gasteiger partial charge in [-0.25, -0.2) is 0 Å². The quantitative estimate of drug-likeness (QED) is 0.0787. The van der Waals surface area contributed by atoms with Crippen LogP contribution in [0.2, 0.25) is 0 Å². The number of phenols is 4. The van der Waals surface area contributed by atoms with Gasteiger partial charge in [-0.15, -0.1) is 0 Å². The van der Waals surface area contributed by atoms with Crippen LogP contribution in [0.5, 0.6) is 28.7 Å². The fourth-order valence-corrected chi connectivity index (χ4v) is 4.43. The predicted octanol–water partition coefficient (Wildman–Crippen LogP) is -2.59. The zero-order valence-corrected chi connectivity index (χ0v) is 22.2. The first-order valence-corrected chi connectivity index (χ1v) is 12.9. The average molecular weight is 613 g/mol. The van der Waals surface area contributed by atoms with Crippen molar-refractivity contribution in [3.63, 3.8) is 0 Å². The molecule has 0 amide bonds. The van der Waals surface area contributed by atoms with Crippen molar-refractivity contribution in [1.82, 2.24) is 0 Å². The number of phenolic OH excluding ortho intramolecular Hbond substituents is 4. The Bertz CT molecular complexity index is 1310. The van der Waals surface area contributed by atoms with Gasteiger partial charge < -0.3 is 75.1 Å². The number of aliphatic hydroxyl groups excluding tert-OH is 7. The molecule has 236 valence electrons. The Kier molecular flexibility index (Phi) is 10.1. The standard InChI is InChI=1S/C27H32O16/c28-8-16-20(34)22(36)24(38)26(42-16)40-9-17-21(35)23(37)25(39)27(43-17)41-15-6-3-11(18(32)19(15)33)12(29)4-1-10-2-5-13(30)14(31)7-10/h1-7,16-17,20-28,30-39H,8-9H2/t16-,17-,20-,21-,22+,23+,24-,25-,26-,27-/m1/s1. The highest BCUT2D eigenvalue weighted by molar-refractivity contribution is 6.09. The van der Waals surface area contributed by atoms with Crippen LogP contribution in [0.25, 0.3) is 6.08 Å². The molecule has 11 N–H and O–H groups in total. The molecule has 2 aromatic rings. The molecule has 2 aromatic carbocycles. The highest BCUT2D eigenvalue weighted by atomic mass is 16.7. The molecule has 0 radical (unpaired) electrons. The smallest absolute Gasteiger partial charge is 0.229 e. The lowest BCUT2D eigenvalue weighted by molar-refractivity contribution is -0.323. The molecule has 16 heteroatoms. The van der Waals surface area contributed by atoms with Gasteiger partial charge in [-0.2, -0.15) is 0 Å². The van der Waals surface area contributed by atoms with Gasteiger partial charge in [0.1, 0.15) is 48.8 Å². The van der Waals surface area contributed by atoms with Gasteiger partial charge in [0.15, 0.2) is 35.1 Å². The third-order valence-corrected chi connectivity index (χ3v) is 6.99. The molecular weight excluding hydrogens is 580 g/mol. The van der Waals surface area contributed by atoms with Crippen LogP contribution < -0.4 is 4.74 Å². The van der Waals surface area contributed by atoms with E-state index in [9.17, 15) is 61.0 Å². The number of carbonyl (C=O) groups excluding carboxylic acids is 1. The molecule has 0 spiro atoms. The molecule has 2 aliphatic heterocycles. The Labute approximate surface area is 243 Å². The Morgan fingerprint density at radius 1 is 0.744 bits per heavy atom. The van der Waals surface area contributed by atoms with Gasteiger partial charge in [-0.05, 0) is 35.9 Å². The second-order valence-corrected chi connectivity index (χ2v) is 9.92. The number of hydrogen-bond donors (Lipinski definition) is 11. The van der Waals surface area contributed by atoms with Crippen LogP contribution in [0.3, 0.4) is 0 Å². The van der Waals surface area contributed by atoms with Crippen molar-refractivity contribution in [3.8, 4) is 28.7 Å². The van der Waals surface area contributed by atoms with E-state index in [1.807, 2.05) is 0 Å². The number of benzene rings is 2. The molecule has 2 aliphatic rings. The normalized spacial score (nSPS) is 33.0. The van der Waals surface area contributed by atoms with Gasteiger partial charge in [0, 0.05) is 0 Å². The second kappa shape index (κ2) is 13.4. The molecule has 16 nitrogen and oxygen atoms in total. The number of aliphatic hydroxyl groups is 7. The van der Waals surface area contributed by atoms with Crippen molar-refractivity contribution in [3.05, 3.63) is 47.5 Å². The third-order valence-electron chi connectivity index (χ3n) is 6.99. The van der Waals surface area contributed by atoms with Crippen molar-refractivity contribution in [2.75, 3.05) is 13.2 Å². The maximum atomic E-state index is 12.6. The summed E-state index contributed by atoms with van der Waals surface area (Å²) in [4.78, 5) is 12.6. The lowest BCUT2D eigenvalue weighted by Crippen LogP contribution is -2.62. The maximum absolute atomic E-state index is 12.6. The Morgan fingerprint density at radius 2 is 1.37 bits per heavy atom. The summed E-state index contributed by atoms with van der Waals surface area (Å²) in [5, 5.41) is 110. The number of aromatic hydroxyl groups is 4. The first-order chi connectivity index (χ1) is 20.3. The van der Waals surface area contributed by atoms with Crippen LogP contribution in [0, 0.1) is 0 Å². The topological polar surface area (TPSA) is 277 Å². The van der Waals surface area contributed by atoms with Crippen LogP contribution in [0.15, 0.2) is 36.4 Å². The van der Waals surface area contributed by atoms with Gasteiger partial charge in [-0.1, -0.05) is 12.1 Å². The number of hydrogen-bond acceptors (Lipinski definition) is 16. The van der Waals surface area contributed by atoms with Crippen molar-refractivity contribution < 1.29 is 79.9 Å². The highest BCUT2D eigenvalue weighted by Gasteiger charge is 2.48. The second-order valence-electron chi connectivity index (χ2n) is 9.92. The molecule has 43 heavy (non-hydrogen) atoms. The minimum Gasteiger partial charge on any atom is -0.504 e. The van der Waals surface area contributed by atoms with E-state index in [-0.39, 0.29) is 11.3 Å². The summed E-state index contributed by atoms with van der Waals surface area (Å²) in [6, 6.07) is 5.96. The maximum Gasteiger partial charge on any atom is 0.229 e. The van der Waals surface area contributed by atoms with Crippen molar-refractivity contribution in [2.45, 2.75) is 61.4 Å². The van der Waals surface area contributed by atoms with Crippen LogP contribution in [0.1, 0.15) is 15.9 Å². The average Bonchev–Trinajstić information content (AvgIpc) is 2.99. The molecule has 2 heterocycles. The van der Waals surface area contributed by atoms with E-state index in [1.165, 1.54) is 24.3 Å². The fourth-order valence-electron chi connectivity index (χ4n) is 4.43. The molecule has 0 bridgehead atoms. The summed E-state index contributed by atoms with van der Waals surface area (Å²) in [6.07, 6.45) is -14.4. The molecule has 10 atom stereocenters. The first kappa shape index (κ1) is 32.4. The molecule has 0 unspecified atom stereocenters. The molecule has 0 aliphatic carbocycles. The van der Waals surface area contributed by atoms with E-state index >= 15 is 0 Å². The van der Waals surface area contributed by atoms with E-state index < -0.39 is 103 Å². The van der Waals surface area contributed by atoms with Crippen molar-refractivity contribution in [1.29, 1.82) is 0 Å². The van der Waals surface area contributed by atoms with Crippen LogP contribution in [-0.4, -0.2) is 137 Å².